The van der Waals surface area contributed by atoms with Gasteiger partial charge in [-0.3, -0.25) is 0 Å². The van der Waals surface area contributed by atoms with Crippen molar-refractivity contribution in [3.63, 3.8) is 0 Å². The smallest absolute Gasteiger partial charge is 0.329 e. The van der Waals surface area contributed by atoms with Gasteiger partial charge in [-0.1, -0.05) is 6.92 Å². The monoisotopic (exact) mass is 495 g/mol. The number of nitrogens with one attached hydrogen (secondary N) is 1. The number of anilines is 3. The molecule has 0 saturated heterocycles. The average Bonchev–Trinajstić information content (AvgIpc) is 3.21. The maximum Gasteiger partial charge on any atom is 0.329 e. The molecule has 2 N–H and O–H groups in total. The lowest BCUT2D eigenvalue weighted by Gasteiger charge is -2.23. The summed E-state index contributed by atoms with van der Waals surface area (Å²) < 4.78 is 10.8. The minimum absolute atomic E-state index is 0.158. The SMILES string of the molecule is COCCOc1ccc(C#N)cc1Nc1nccc(-c2cc(C#N)c3c(c2)[C@@](C)(CO)CN3[B]C=O)n1. The van der Waals surface area contributed by atoms with Crippen LogP contribution in [0, 0.1) is 22.7 Å². The number of benzene rings is 2. The van der Waals surface area contributed by atoms with Gasteiger partial charge in [0.1, 0.15) is 24.6 Å². The summed E-state index contributed by atoms with van der Waals surface area (Å²) >= 11 is 0. The zero-order valence-electron chi connectivity index (χ0n) is 20.4. The Morgan fingerprint density at radius 2 is 2.08 bits per heavy atom. The molecule has 37 heavy (non-hydrogen) atoms. The van der Waals surface area contributed by atoms with E-state index in [9.17, 15) is 20.4 Å². The number of fused-ring (bicyclic) bond motifs is 1. The van der Waals surface area contributed by atoms with Crippen molar-refractivity contribution in [2.45, 2.75) is 12.3 Å². The van der Waals surface area contributed by atoms with Gasteiger partial charge in [0.05, 0.1) is 41.8 Å². The first-order valence-corrected chi connectivity index (χ1v) is 11.5. The third-order valence-corrected chi connectivity index (χ3v) is 6.13. The summed E-state index contributed by atoms with van der Waals surface area (Å²) in [6.07, 6.45) is 2.25. The molecule has 3 aromatic rings. The molecule has 2 heterocycles. The summed E-state index contributed by atoms with van der Waals surface area (Å²) in [7, 11) is 2.95. The largest absolute Gasteiger partial charge is 0.489 e. The molecular formula is C26H24BN6O4. The second kappa shape index (κ2) is 11.1. The fourth-order valence-corrected chi connectivity index (χ4v) is 4.27. The van der Waals surface area contributed by atoms with Gasteiger partial charge in [0, 0.05) is 36.5 Å². The Kier molecular flexibility index (Phi) is 7.68. The molecule has 0 amide bonds. The van der Waals surface area contributed by atoms with E-state index < -0.39 is 5.41 Å². The molecule has 0 unspecified atom stereocenters. The van der Waals surface area contributed by atoms with Crippen molar-refractivity contribution in [1.82, 2.24) is 9.97 Å². The second-order valence-electron chi connectivity index (χ2n) is 8.72. The summed E-state index contributed by atoms with van der Waals surface area (Å²) in [5.41, 5.74) is 3.23. The molecule has 0 saturated carbocycles. The van der Waals surface area contributed by atoms with Gasteiger partial charge in [-0.2, -0.15) is 10.5 Å². The van der Waals surface area contributed by atoms with Crippen molar-refractivity contribution in [2.24, 2.45) is 0 Å². The molecule has 1 radical (unpaired) electrons. The summed E-state index contributed by atoms with van der Waals surface area (Å²) in [5, 5.41) is 32.5. The zero-order chi connectivity index (χ0) is 26.4. The van der Waals surface area contributed by atoms with Crippen molar-refractivity contribution in [3.8, 4) is 29.1 Å². The number of carbonyl (C=O) groups excluding carboxylic acids is 1. The van der Waals surface area contributed by atoms with Crippen molar-refractivity contribution >= 4 is 30.9 Å². The van der Waals surface area contributed by atoms with Gasteiger partial charge < -0.3 is 29.5 Å². The molecule has 1 aliphatic rings. The van der Waals surface area contributed by atoms with Crippen LogP contribution < -0.4 is 14.9 Å². The van der Waals surface area contributed by atoms with Crippen LogP contribution in [-0.2, 0) is 14.9 Å². The molecule has 1 aromatic heterocycles. The first-order chi connectivity index (χ1) is 18.0. The van der Waals surface area contributed by atoms with E-state index in [0.717, 1.165) is 5.56 Å². The highest BCUT2D eigenvalue weighted by Gasteiger charge is 2.40. The minimum Gasteiger partial charge on any atom is -0.489 e. The third kappa shape index (κ3) is 5.24. The minimum atomic E-state index is -0.670. The normalized spacial score (nSPS) is 15.9. The van der Waals surface area contributed by atoms with Gasteiger partial charge in [-0.15, -0.1) is 0 Å². The number of nitrogens with zero attached hydrogens (tertiary/aromatic N) is 5. The number of aliphatic hydroxyl groups excluding tert-OH is 1. The summed E-state index contributed by atoms with van der Waals surface area (Å²) in [6.45, 7) is 2.82. The number of hydrogen-bond donors (Lipinski definition) is 2. The van der Waals surface area contributed by atoms with Crippen LogP contribution in [0.2, 0.25) is 0 Å². The molecule has 1 aliphatic heterocycles. The first-order valence-electron chi connectivity index (χ1n) is 11.5. The Balaban J connectivity index is 1.72. The Hall–Kier alpha value is -4.45. The maximum atomic E-state index is 11.2. The quantitative estimate of drug-likeness (QED) is 0.245. The van der Waals surface area contributed by atoms with E-state index in [-0.39, 0.29) is 12.6 Å². The fourth-order valence-electron chi connectivity index (χ4n) is 4.27. The summed E-state index contributed by atoms with van der Waals surface area (Å²) in [6, 6.07) is 14.6. The third-order valence-electron chi connectivity index (χ3n) is 6.13. The Labute approximate surface area is 215 Å². The molecule has 4 rings (SSSR count). The predicted molar refractivity (Wildman–Crippen MR) is 138 cm³/mol. The van der Waals surface area contributed by atoms with Crippen molar-refractivity contribution < 1.29 is 19.4 Å². The van der Waals surface area contributed by atoms with Crippen LogP contribution in [0.25, 0.3) is 11.3 Å². The van der Waals surface area contributed by atoms with Crippen molar-refractivity contribution in [1.29, 1.82) is 10.5 Å². The Morgan fingerprint density at radius 3 is 2.78 bits per heavy atom. The van der Waals surface area contributed by atoms with Gasteiger partial charge in [0.15, 0.2) is 0 Å². The van der Waals surface area contributed by atoms with Crippen molar-refractivity contribution in [3.05, 3.63) is 59.3 Å². The topological polar surface area (TPSA) is 144 Å². The summed E-state index contributed by atoms with van der Waals surface area (Å²) in [5.74, 6) is 0.781. The molecule has 10 nitrogen and oxygen atoms in total. The number of aromatic nitrogens is 2. The lowest BCUT2D eigenvalue weighted by molar-refractivity contribution is 0.146. The van der Waals surface area contributed by atoms with E-state index in [4.69, 9.17) is 9.47 Å². The number of hydrogen-bond acceptors (Lipinski definition) is 10. The Bertz CT molecular complexity index is 1400. The maximum absolute atomic E-state index is 11.2. The molecular weight excluding hydrogens is 471 g/mol. The molecule has 2 aromatic carbocycles. The van der Waals surface area contributed by atoms with Crippen LogP contribution >= 0.6 is 0 Å². The van der Waals surface area contributed by atoms with E-state index >= 15 is 0 Å². The van der Waals surface area contributed by atoms with Gasteiger partial charge in [0.25, 0.3) is 0 Å². The lowest BCUT2D eigenvalue weighted by atomic mass is 9.83. The van der Waals surface area contributed by atoms with Crippen LogP contribution in [0.5, 0.6) is 5.75 Å². The number of aliphatic hydroxyl groups is 1. The second-order valence-corrected chi connectivity index (χ2v) is 8.72. The van der Waals surface area contributed by atoms with Crippen LogP contribution in [-0.4, -0.2) is 62.1 Å². The number of carbonyl (C=O) groups is 1. The summed E-state index contributed by atoms with van der Waals surface area (Å²) in [4.78, 5) is 21.8. The van der Waals surface area contributed by atoms with E-state index in [1.807, 2.05) is 13.0 Å². The lowest BCUT2D eigenvalue weighted by Crippen LogP contribution is -2.36. The molecule has 0 aliphatic carbocycles. The first kappa shape index (κ1) is 25.6. The van der Waals surface area contributed by atoms with Crippen LogP contribution in [0.3, 0.4) is 0 Å². The van der Waals surface area contributed by atoms with Gasteiger partial charge in [-0.25, -0.2) is 9.97 Å². The molecule has 1 atom stereocenters. The highest BCUT2D eigenvalue weighted by molar-refractivity contribution is 6.70. The highest BCUT2D eigenvalue weighted by Crippen LogP contribution is 2.44. The number of ether oxygens (including phenoxy) is 2. The van der Waals surface area contributed by atoms with Crippen molar-refractivity contribution in [2.75, 3.05) is 43.6 Å². The van der Waals surface area contributed by atoms with Gasteiger partial charge in [-0.05, 0) is 42.0 Å². The molecule has 0 fully saturated rings. The fraction of sp³-hybridized carbons (Fsp3) is 0.269. The van der Waals surface area contributed by atoms with Crippen LogP contribution in [0.4, 0.5) is 17.3 Å². The van der Waals surface area contributed by atoms with Crippen LogP contribution in [0.1, 0.15) is 23.6 Å². The standard InChI is InChI=1S/C26H24BN6O4/c1-26(15-34)14-33(27-16-35)24-19(13-29)10-18(11-20(24)26)21-5-6-30-25(31-21)32-22-9-17(12-28)3-4-23(22)37-8-7-36-2/h3-6,9-11,16,34H,7-8,14-15H2,1-2H3,(H,30,31,32)/t26-/m1/s1. The van der Waals surface area contributed by atoms with Gasteiger partial charge >= 0.3 is 7.41 Å². The van der Waals surface area contributed by atoms with E-state index in [1.54, 1.807) is 48.4 Å². The molecule has 0 bridgehead atoms. The number of rotatable bonds is 10. The Morgan fingerprint density at radius 1 is 1.24 bits per heavy atom. The average molecular weight is 495 g/mol. The van der Waals surface area contributed by atoms with E-state index in [0.29, 0.717) is 65.5 Å². The molecule has 11 heteroatoms. The van der Waals surface area contributed by atoms with Crippen LogP contribution in [0.15, 0.2) is 42.6 Å². The van der Waals surface area contributed by atoms with E-state index in [2.05, 4.69) is 27.4 Å². The predicted octanol–water partition coefficient (Wildman–Crippen LogP) is 2.54. The zero-order valence-corrected chi connectivity index (χ0v) is 20.4. The molecule has 0 spiro atoms. The number of methoxy groups -OCH3 is 1. The number of nitriles is 2. The molecule has 185 valence electrons. The van der Waals surface area contributed by atoms with Gasteiger partial charge in [0.2, 0.25) is 5.95 Å². The highest BCUT2D eigenvalue weighted by atomic mass is 16.5. The van der Waals surface area contributed by atoms with E-state index in [1.165, 1.54) is 7.41 Å².